The van der Waals surface area contributed by atoms with Gasteiger partial charge in [-0.05, 0) is 56.4 Å². The third-order valence-electron chi connectivity index (χ3n) is 5.17. The Balaban J connectivity index is 1.51. The number of carbonyl (C=O) groups excluding carboxylic acids is 1. The van der Waals surface area contributed by atoms with Gasteiger partial charge in [0.15, 0.2) is 0 Å². The van der Waals surface area contributed by atoms with Crippen molar-refractivity contribution in [3.8, 4) is 0 Å². The standard InChI is InChI=1S/C19H26N4O3S/c1-14-6-7-16(12-15(14)2)27(25,26)21-9-8-19(24)22-17-4-3-5-18(17)23-11-10-20-13-23/h6-7,10-13,17-18,21H,3-5,8-9H2,1-2H3,(H,22,24). The van der Waals surface area contributed by atoms with E-state index in [-0.39, 0.29) is 35.9 Å². The first-order chi connectivity index (χ1) is 12.9. The maximum atomic E-state index is 12.4. The summed E-state index contributed by atoms with van der Waals surface area (Å²) >= 11 is 0. The summed E-state index contributed by atoms with van der Waals surface area (Å²) < 4.78 is 29.3. The zero-order valence-corrected chi connectivity index (χ0v) is 16.5. The summed E-state index contributed by atoms with van der Waals surface area (Å²) in [4.78, 5) is 16.6. The summed E-state index contributed by atoms with van der Waals surface area (Å²) in [6.07, 6.45) is 8.49. The van der Waals surface area contributed by atoms with E-state index >= 15 is 0 Å². The van der Waals surface area contributed by atoms with Gasteiger partial charge >= 0.3 is 0 Å². The number of sulfonamides is 1. The van der Waals surface area contributed by atoms with Gasteiger partial charge in [-0.25, -0.2) is 18.1 Å². The molecule has 146 valence electrons. The first kappa shape index (κ1) is 19.6. The smallest absolute Gasteiger partial charge is 0.240 e. The van der Waals surface area contributed by atoms with Crippen molar-refractivity contribution in [1.29, 1.82) is 0 Å². The minimum atomic E-state index is -3.61. The molecule has 2 aromatic rings. The maximum Gasteiger partial charge on any atom is 0.240 e. The largest absolute Gasteiger partial charge is 0.351 e. The number of hydrogen-bond donors (Lipinski definition) is 2. The van der Waals surface area contributed by atoms with Crippen LogP contribution in [-0.4, -0.2) is 36.5 Å². The minimum Gasteiger partial charge on any atom is -0.351 e. The first-order valence-corrected chi connectivity index (χ1v) is 10.7. The lowest BCUT2D eigenvalue weighted by molar-refractivity contribution is -0.121. The minimum absolute atomic E-state index is 0.0584. The quantitative estimate of drug-likeness (QED) is 0.757. The van der Waals surface area contributed by atoms with Crippen LogP contribution in [0.1, 0.15) is 42.9 Å². The average Bonchev–Trinajstić information content (AvgIpc) is 3.28. The Morgan fingerprint density at radius 3 is 2.78 bits per heavy atom. The molecule has 8 heteroatoms. The summed E-state index contributed by atoms with van der Waals surface area (Å²) in [6, 6.07) is 5.28. The van der Waals surface area contributed by atoms with Crippen LogP contribution in [0.3, 0.4) is 0 Å². The molecule has 7 nitrogen and oxygen atoms in total. The second kappa shape index (κ2) is 8.22. The molecule has 1 saturated carbocycles. The number of aromatic nitrogens is 2. The summed E-state index contributed by atoms with van der Waals surface area (Å²) in [5.41, 5.74) is 1.96. The highest BCUT2D eigenvalue weighted by molar-refractivity contribution is 7.89. The van der Waals surface area contributed by atoms with Crippen LogP contribution in [0, 0.1) is 13.8 Å². The van der Waals surface area contributed by atoms with E-state index in [1.54, 1.807) is 30.7 Å². The van der Waals surface area contributed by atoms with Gasteiger partial charge in [-0.3, -0.25) is 4.79 Å². The highest BCUT2D eigenvalue weighted by Crippen LogP contribution is 2.29. The molecule has 27 heavy (non-hydrogen) atoms. The number of benzene rings is 1. The second-order valence-electron chi connectivity index (χ2n) is 7.08. The van der Waals surface area contributed by atoms with E-state index < -0.39 is 10.0 Å². The van der Waals surface area contributed by atoms with Crippen molar-refractivity contribution in [2.45, 2.75) is 56.5 Å². The van der Waals surface area contributed by atoms with Gasteiger partial charge in [0, 0.05) is 31.4 Å². The van der Waals surface area contributed by atoms with Crippen molar-refractivity contribution in [3.05, 3.63) is 48.0 Å². The van der Waals surface area contributed by atoms with Gasteiger partial charge in [-0.15, -0.1) is 0 Å². The molecule has 2 unspecified atom stereocenters. The molecule has 1 fully saturated rings. The number of nitrogens with one attached hydrogen (secondary N) is 2. The average molecular weight is 391 g/mol. The van der Waals surface area contributed by atoms with Gasteiger partial charge in [0.2, 0.25) is 15.9 Å². The lowest BCUT2D eigenvalue weighted by Gasteiger charge is -2.22. The molecule has 0 bridgehead atoms. The molecule has 0 saturated heterocycles. The third-order valence-corrected chi connectivity index (χ3v) is 6.63. The van der Waals surface area contributed by atoms with Gasteiger partial charge in [0.05, 0.1) is 17.3 Å². The van der Waals surface area contributed by atoms with Crippen LogP contribution >= 0.6 is 0 Å². The van der Waals surface area contributed by atoms with Crippen LogP contribution < -0.4 is 10.0 Å². The van der Waals surface area contributed by atoms with Gasteiger partial charge in [0.1, 0.15) is 0 Å². The molecule has 3 rings (SSSR count). The molecular weight excluding hydrogens is 364 g/mol. The highest BCUT2D eigenvalue weighted by atomic mass is 32.2. The Morgan fingerprint density at radius 1 is 1.26 bits per heavy atom. The molecule has 1 aromatic heterocycles. The fourth-order valence-electron chi connectivity index (χ4n) is 3.47. The Kier molecular flexibility index (Phi) is 5.96. The predicted octanol–water partition coefficient (Wildman–Crippen LogP) is 2.08. The van der Waals surface area contributed by atoms with Crippen molar-refractivity contribution in [1.82, 2.24) is 19.6 Å². The monoisotopic (exact) mass is 390 g/mol. The first-order valence-electron chi connectivity index (χ1n) is 9.20. The summed E-state index contributed by atoms with van der Waals surface area (Å²) in [5.74, 6) is -0.144. The lowest BCUT2D eigenvalue weighted by Crippen LogP contribution is -2.39. The second-order valence-corrected chi connectivity index (χ2v) is 8.84. The fourth-order valence-corrected chi connectivity index (χ4v) is 4.59. The number of carbonyl (C=O) groups is 1. The highest BCUT2D eigenvalue weighted by Gasteiger charge is 2.29. The van der Waals surface area contributed by atoms with Crippen LogP contribution in [0.5, 0.6) is 0 Å². The van der Waals surface area contributed by atoms with Crippen LogP contribution in [0.15, 0.2) is 41.8 Å². The number of nitrogens with zero attached hydrogens (tertiary/aromatic N) is 2. The van der Waals surface area contributed by atoms with E-state index in [1.807, 2.05) is 24.6 Å². The van der Waals surface area contributed by atoms with Crippen LogP contribution in [0.4, 0.5) is 0 Å². The third kappa shape index (κ3) is 4.75. The van der Waals surface area contributed by atoms with E-state index in [2.05, 4.69) is 15.0 Å². The van der Waals surface area contributed by atoms with Crippen LogP contribution in [0.25, 0.3) is 0 Å². The molecule has 0 radical (unpaired) electrons. The van der Waals surface area contributed by atoms with E-state index in [9.17, 15) is 13.2 Å². The molecule has 1 aliphatic rings. The predicted molar refractivity (Wildman–Crippen MR) is 103 cm³/mol. The molecule has 1 heterocycles. The summed E-state index contributed by atoms with van der Waals surface area (Å²) in [5, 5.41) is 3.04. The van der Waals surface area contributed by atoms with Gasteiger partial charge in [-0.1, -0.05) is 6.07 Å². The number of aryl methyl sites for hydroxylation is 2. The molecule has 0 spiro atoms. The van der Waals surface area contributed by atoms with E-state index in [0.717, 1.165) is 30.4 Å². The van der Waals surface area contributed by atoms with E-state index in [4.69, 9.17) is 0 Å². The summed E-state index contributed by atoms with van der Waals surface area (Å²) in [7, 11) is -3.61. The Hall–Kier alpha value is -2.19. The number of hydrogen-bond acceptors (Lipinski definition) is 4. The van der Waals surface area contributed by atoms with Gasteiger partial charge < -0.3 is 9.88 Å². The van der Waals surface area contributed by atoms with Crippen LogP contribution in [0.2, 0.25) is 0 Å². The molecule has 1 aromatic carbocycles. The molecule has 0 aliphatic heterocycles. The lowest BCUT2D eigenvalue weighted by atomic mass is 10.1. The van der Waals surface area contributed by atoms with E-state index in [0.29, 0.717) is 0 Å². The SMILES string of the molecule is Cc1ccc(S(=O)(=O)NCCC(=O)NC2CCCC2n2ccnc2)cc1C. The van der Waals surface area contributed by atoms with Crippen molar-refractivity contribution in [2.24, 2.45) is 0 Å². The maximum absolute atomic E-state index is 12.4. The number of rotatable bonds is 7. The summed E-state index contributed by atoms with van der Waals surface area (Å²) in [6.45, 7) is 3.88. The van der Waals surface area contributed by atoms with Crippen molar-refractivity contribution >= 4 is 15.9 Å². The van der Waals surface area contributed by atoms with E-state index in [1.165, 1.54) is 0 Å². The number of imidazole rings is 1. The molecular formula is C19H26N4O3S. The normalized spacial score (nSPS) is 19.9. The van der Waals surface area contributed by atoms with Gasteiger partial charge in [0.25, 0.3) is 0 Å². The van der Waals surface area contributed by atoms with Crippen molar-refractivity contribution < 1.29 is 13.2 Å². The zero-order valence-electron chi connectivity index (χ0n) is 15.7. The van der Waals surface area contributed by atoms with Crippen molar-refractivity contribution in [3.63, 3.8) is 0 Å². The molecule has 2 N–H and O–H groups in total. The topological polar surface area (TPSA) is 93.1 Å². The molecule has 1 amide bonds. The Labute approximate surface area is 160 Å². The van der Waals surface area contributed by atoms with Gasteiger partial charge in [-0.2, -0.15) is 0 Å². The zero-order chi connectivity index (χ0) is 19.4. The Morgan fingerprint density at radius 2 is 2.07 bits per heavy atom. The number of amides is 1. The molecule has 1 aliphatic carbocycles. The van der Waals surface area contributed by atoms with Crippen molar-refractivity contribution in [2.75, 3.05) is 6.54 Å². The molecule has 2 atom stereocenters. The Bertz CT molecular complexity index is 894. The van der Waals surface area contributed by atoms with Crippen LogP contribution in [-0.2, 0) is 14.8 Å². The fraction of sp³-hybridized carbons (Fsp3) is 0.474.